The van der Waals surface area contributed by atoms with Gasteiger partial charge < -0.3 is 25.7 Å². The SMILES string of the molecule is O=C1CN(C(=O)N[C@@H](CCO)C(=O)O)CCCN1. The van der Waals surface area contributed by atoms with Crippen molar-refractivity contribution < 1.29 is 24.6 Å². The third-order valence-electron chi connectivity index (χ3n) is 2.56. The summed E-state index contributed by atoms with van der Waals surface area (Å²) >= 11 is 0. The quantitative estimate of drug-likeness (QED) is 0.482. The number of carboxylic acids is 1. The van der Waals surface area contributed by atoms with E-state index < -0.39 is 18.0 Å². The number of carbonyl (C=O) groups excluding carboxylic acids is 2. The zero-order valence-electron chi connectivity index (χ0n) is 9.89. The maximum atomic E-state index is 11.8. The normalized spacial score (nSPS) is 17.6. The molecule has 0 spiro atoms. The summed E-state index contributed by atoms with van der Waals surface area (Å²) in [5, 5.41) is 22.4. The van der Waals surface area contributed by atoms with E-state index in [1.807, 2.05) is 0 Å². The zero-order valence-corrected chi connectivity index (χ0v) is 9.89. The third kappa shape index (κ3) is 4.21. The molecule has 1 rings (SSSR count). The van der Waals surface area contributed by atoms with Gasteiger partial charge in [-0.15, -0.1) is 0 Å². The smallest absolute Gasteiger partial charge is 0.326 e. The fourth-order valence-corrected chi connectivity index (χ4v) is 1.61. The number of carbonyl (C=O) groups is 3. The van der Waals surface area contributed by atoms with Crippen LogP contribution in [0.5, 0.6) is 0 Å². The average molecular weight is 259 g/mol. The first kappa shape index (κ1) is 14.2. The van der Waals surface area contributed by atoms with Gasteiger partial charge in [0.25, 0.3) is 0 Å². The molecule has 0 unspecified atom stereocenters. The minimum absolute atomic E-state index is 0.0683. The van der Waals surface area contributed by atoms with Gasteiger partial charge in [-0.1, -0.05) is 0 Å². The number of rotatable bonds is 4. The van der Waals surface area contributed by atoms with Crippen LogP contribution in [0.25, 0.3) is 0 Å². The molecule has 3 amide bonds. The minimum atomic E-state index is -1.21. The van der Waals surface area contributed by atoms with Gasteiger partial charge in [-0.25, -0.2) is 9.59 Å². The molecule has 4 N–H and O–H groups in total. The Morgan fingerprint density at radius 1 is 1.50 bits per heavy atom. The molecule has 8 nitrogen and oxygen atoms in total. The van der Waals surface area contributed by atoms with E-state index in [2.05, 4.69) is 10.6 Å². The first-order valence-corrected chi connectivity index (χ1v) is 5.70. The fraction of sp³-hybridized carbons (Fsp3) is 0.700. The first-order chi connectivity index (χ1) is 8.54. The summed E-state index contributed by atoms with van der Waals surface area (Å²) < 4.78 is 0. The average Bonchev–Trinajstić information content (AvgIpc) is 2.53. The van der Waals surface area contributed by atoms with Crippen LogP contribution in [-0.4, -0.2) is 65.3 Å². The molecule has 1 aliphatic rings. The van der Waals surface area contributed by atoms with E-state index in [4.69, 9.17) is 10.2 Å². The van der Waals surface area contributed by atoms with Gasteiger partial charge in [-0.3, -0.25) is 4.79 Å². The highest BCUT2D eigenvalue weighted by molar-refractivity contribution is 5.86. The number of hydrogen-bond donors (Lipinski definition) is 4. The number of aliphatic hydroxyl groups excluding tert-OH is 1. The molecule has 102 valence electrons. The van der Waals surface area contributed by atoms with Crippen molar-refractivity contribution in [1.29, 1.82) is 0 Å². The standard InChI is InChI=1S/C10H17N3O5/c14-5-2-7(9(16)17)12-10(18)13-4-1-3-11-8(15)6-13/h7,14H,1-6H2,(H,11,15)(H,12,18)(H,16,17)/t7-/m0/s1. The molecule has 0 radical (unpaired) electrons. The summed E-state index contributed by atoms with van der Waals surface area (Å²) in [5.41, 5.74) is 0. The van der Waals surface area contributed by atoms with Crippen molar-refractivity contribution in [3.63, 3.8) is 0 Å². The van der Waals surface area contributed by atoms with Crippen LogP contribution >= 0.6 is 0 Å². The van der Waals surface area contributed by atoms with E-state index in [1.165, 1.54) is 4.90 Å². The Morgan fingerprint density at radius 2 is 2.22 bits per heavy atom. The lowest BCUT2D eigenvalue weighted by molar-refractivity contribution is -0.139. The van der Waals surface area contributed by atoms with E-state index in [1.54, 1.807) is 0 Å². The molecule has 1 saturated heterocycles. The third-order valence-corrected chi connectivity index (χ3v) is 2.56. The highest BCUT2D eigenvalue weighted by atomic mass is 16.4. The maximum absolute atomic E-state index is 11.8. The molecule has 0 aliphatic carbocycles. The van der Waals surface area contributed by atoms with Gasteiger partial charge in [-0.2, -0.15) is 0 Å². The van der Waals surface area contributed by atoms with Crippen LogP contribution in [0.4, 0.5) is 4.79 Å². The lowest BCUT2D eigenvalue weighted by atomic mass is 10.2. The van der Waals surface area contributed by atoms with Gasteiger partial charge in [0.2, 0.25) is 5.91 Å². The number of hydrogen-bond acceptors (Lipinski definition) is 4. The molecule has 0 aromatic carbocycles. The predicted molar refractivity (Wildman–Crippen MR) is 60.9 cm³/mol. The van der Waals surface area contributed by atoms with E-state index >= 15 is 0 Å². The number of amides is 3. The molecule has 0 bridgehead atoms. The number of carboxylic acid groups (broad SMARTS) is 1. The maximum Gasteiger partial charge on any atom is 0.326 e. The number of aliphatic carboxylic acids is 1. The summed E-state index contributed by atoms with van der Waals surface area (Å²) in [4.78, 5) is 35.1. The zero-order chi connectivity index (χ0) is 13.5. The topological polar surface area (TPSA) is 119 Å². The van der Waals surface area contributed by atoms with Crippen LogP contribution in [-0.2, 0) is 9.59 Å². The highest BCUT2D eigenvalue weighted by Gasteiger charge is 2.24. The largest absolute Gasteiger partial charge is 0.480 e. The van der Waals surface area contributed by atoms with Crippen molar-refractivity contribution in [3.05, 3.63) is 0 Å². The van der Waals surface area contributed by atoms with Crippen LogP contribution in [0.15, 0.2) is 0 Å². The van der Waals surface area contributed by atoms with Crippen LogP contribution in [0.3, 0.4) is 0 Å². The Kier molecular flexibility index (Phi) is 5.37. The number of nitrogens with zero attached hydrogens (tertiary/aromatic N) is 1. The van der Waals surface area contributed by atoms with E-state index in [-0.39, 0.29) is 25.5 Å². The molecule has 1 aliphatic heterocycles. The second kappa shape index (κ2) is 6.80. The van der Waals surface area contributed by atoms with Crippen molar-refractivity contribution in [3.8, 4) is 0 Å². The Labute approximate surface area is 104 Å². The fourth-order valence-electron chi connectivity index (χ4n) is 1.61. The van der Waals surface area contributed by atoms with E-state index in [9.17, 15) is 14.4 Å². The summed E-state index contributed by atoms with van der Waals surface area (Å²) in [7, 11) is 0. The lowest BCUT2D eigenvalue weighted by Gasteiger charge is -2.22. The second-order valence-corrected chi connectivity index (χ2v) is 3.98. The first-order valence-electron chi connectivity index (χ1n) is 5.70. The van der Waals surface area contributed by atoms with Crippen molar-refractivity contribution in [2.24, 2.45) is 0 Å². The van der Waals surface area contributed by atoms with E-state index in [0.29, 0.717) is 19.5 Å². The van der Waals surface area contributed by atoms with Gasteiger partial charge in [0, 0.05) is 26.1 Å². The number of urea groups is 1. The molecule has 1 heterocycles. The molecule has 0 aromatic heterocycles. The molecule has 1 fully saturated rings. The van der Waals surface area contributed by atoms with Gasteiger partial charge in [0.1, 0.15) is 12.6 Å². The van der Waals surface area contributed by atoms with Crippen LogP contribution < -0.4 is 10.6 Å². The Balaban J connectivity index is 2.56. The number of nitrogens with one attached hydrogen (secondary N) is 2. The van der Waals surface area contributed by atoms with Gasteiger partial charge in [0.05, 0.1) is 0 Å². The van der Waals surface area contributed by atoms with Crippen LogP contribution in [0, 0.1) is 0 Å². The Bertz CT molecular complexity index is 333. The van der Waals surface area contributed by atoms with Crippen molar-refractivity contribution in [2.75, 3.05) is 26.2 Å². The van der Waals surface area contributed by atoms with Crippen molar-refractivity contribution >= 4 is 17.9 Å². The van der Waals surface area contributed by atoms with Gasteiger partial charge in [0.15, 0.2) is 0 Å². The minimum Gasteiger partial charge on any atom is -0.480 e. The summed E-state index contributed by atoms with van der Waals surface area (Å²) in [6, 6.07) is -1.75. The van der Waals surface area contributed by atoms with Crippen LogP contribution in [0.2, 0.25) is 0 Å². The molecule has 0 saturated carbocycles. The van der Waals surface area contributed by atoms with Crippen LogP contribution in [0.1, 0.15) is 12.8 Å². The second-order valence-electron chi connectivity index (χ2n) is 3.98. The molecule has 0 aromatic rings. The molecule has 8 heteroatoms. The van der Waals surface area contributed by atoms with Gasteiger partial charge >= 0.3 is 12.0 Å². The van der Waals surface area contributed by atoms with E-state index in [0.717, 1.165) is 0 Å². The predicted octanol–water partition coefficient (Wildman–Crippen LogP) is -1.65. The number of aliphatic hydroxyl groups is 1. The van der Waals surface area contributed by atoms with Crippen molar-refractivity contribution in [2.45, 2.75) is 18.9 Å². The molecular weight excluding hydrogens is 242 g/mol. The molecule has 1 atom stereocenters. The molecular formula is C10H17N3O5. The lowest BCUT2D eigenvalue weighted by Crippen LogP contribution is -2.49. The Morgan fingerprint density at radius 3 is 2.83 bits per heavy atom. The van der Waals surface area contributed by atoms with Gasteiger partial charge in [-0.05, 0) is 6.42 Å². The molecule has 18 heavy (non-hydrogen) atoms. The monoisotopic (exact) mass is 259 g/mol. The van der Waals surface area contributed by atoms with Crippen molar-refractivity contribution in [1.82, 2.24) is 15.5 Å². The summed E-state index contributed by atoms with van der Waals surface area (Å²) in [6.07, 6.45) is 0.554. The summed E-state index contributed by atoms with van der Waals surface area (Å²) in [5.74, 6) is -1.48. The summed E-state index contributed by atoms with van der Waals surface area (Å²) in [6.45, 7) is 0.465. The highest BCUT2D eigenvalue weighted by Crippen LogP contribution is 1.99. The Hall–Kier alpha value is -1.83.